The maximum absolute atomic E-state index is 14.1. The first-order valence-electron chi connectivity index (χ1n) is 10.9. The molecular formula is C24H26ClFN6O. The maximum atomic E-state index is 14.1. The van der Waals surface area contributed by atoms with E-state index in [-0.39, 0.29) is 17.9 Å². The summed E-state index contributed by atoms with van der Waals surface area (Å²) in [6, 6.07) is 12.5. The molecule has 1 saturated heterocycles. The van der Waals surface area contributed by atoms with Crippen molar-refractivity contribution in [3.8, 4) is 11.4 Å². The lowest BCUT2D eigenvalue weighted by Crippen LogP contribution is -2.46. The Morgan fingerprint density at radius 1 is 1.15 bits per heavy atom. The van der Waals surface area contributed by atoms with Crippen molar-refractivity contribution in [2.75, 3.05) is 42.9 Å². The predicted molar refractivity (Wildman–Crippen MR) is 129 cm³/mol. The first-order valence-corrected chi connectivity index (χ1v) is 11.2. The fourth-order valence-electron chi connectivity index (χ4n) is 3.82. The molecule has 3 aromatic rings. The summed E-state index contributed by atoms with van der Waals surface area (Å²) in [5.41, 5.74) is 7.97. The van der Waals surface area contributed by atoms with E-state index in [2.05, 4.69) is 44.1 Å². The van der Waals surface area contributed by atoms with Crippen LogP contribution in [0, 0.1) is 5.82 Å². The quantitative estimate of drug-likeness (QED) is 0.548. The Kier molecular flexibility index (Phi) is 7.05. The van der Waals surface area contributed by atoms with Crippen molar-refractivity contribution in [3.63, 3.8) is 0 Å². The molecule has 4 rings (SSSR count). The lowest BCUT2D eigenvalue weighted by molar-refractivity contribution is 0.100. The average molecular weight is 469 g/mol. The first-order chi connectivity index (χ1) is 15.9. The third-order valence-electron chi connectivity index (χ3n) is 5.83. The third-order valence-corrected chi connectivity index (χ3v) is 6.06. The number of carbonyl (C=O) groups is 1. The van der Waals surface area contributed by atoms with Gasteiger partial charge in [0.2, 0.25) is 0 Å². The highest BCUT2D eigenvalue weighted by atomic mass is 35.5. The van der Waals surface area contributed by atoms with Gasteiger partial charge in [-0.1, -0.05) is 24.6 Å². The Hall–Kier alpha value is -3.23. The van der Waals surface area contributed by atoms with E-state index in [1.807, 2.05) is 12.1 Å². The van der Waals surface area contributed by atoms with Gasteiger partial charge in [-0.3, -0.25) is 4.79 Å². The smallest absolute Gasteiger partial charge is 0.254 e. The zero-order chi connectivity index (χ0) is 23.4. The van der Waals surface area contributed by atoms with Crippen molar-refractivity contribution in [2.45, 2.75) is 13.5 Å². The van der Waals surface area contributed by atoms with Gasteiger partial charge in [-0.15, -0.1) is 0 Å². The minimum atomic E-state index is -0.665. The summed E-state index contributed by atoms with van der Waals surface area (Å²) in [6.07, 6.45) is 1.39. The van der Waals surface area contributed by atoms with Crippen LogP contribution >= 0.6 is 11.6 Å². The van der Waals surface area contributed by atoms with Gasteiger partial charge in [0.05, 0.1) is 5.56 Å². The van der Waals surface area contributed by atoms with Gasteiger partial charge in [-0.2, -0.15) is 0 Å². The van der Waals surface area contributed by atoms with Crippen LogP contribution in [0.2, 0.25) is 5.02 Å². The standard InChI is InChI=1S/C24H26ClFN6O/c1-2-31-9-11-32(12-10-31)19-7-4-16(5-8-19)23-29-15-20(22(27)33)24(30-23)28-14-17-3-6-18(25)13-21(17)26/h3-8,13,15H,2,9-12,14H2,1H3,(H2,27,33)(H,28,29,30). The molecule has 0 atom stereocenters. The molecule has 33 heavy (non-hydrogen) atoms. The highest BCUT2D eigenvalue weighted by Gasteiger charge is 2.17. The summed E-state index contributed by atoms with van der Waals surface area (Å²) >= 11 is 5.82. The number of carbonyl (C=O) groups excluding carboxylic acids is 1. The highest BCUT2D eigenvalue weighted by molar-refractivity contribution is 6.30. The normalized spacial score (nSPS) is 14.3. The highest BCUT2D eigenvalue weighted by Crippen LogP contribution is 2.24. The molecule has 0 spiro atoms. The monoisotopic (exact) mass is 468 g/mol. The number of aromatic nitrogens is 2. The number of nitrogens with one attached hydrogen (secondary N) is 1. The molecule has 0 aliphatic carbocycles. The lowest BCUT2D eigenvalue weighted by Gasteiger charge is -2.35. The first kappa shape index (κ1) is 22.9. The van der Waals surface area contributed by atoms with Gasteiger partial charge in [0.25, 0.3) is 5.91 Å². The number of rotatable bonds is 7. The number of nitrogens with zero attached hydrogens (tertiary/aromatic N) is 4. The van der Waals surface area contributed by atoms with Gasteiger partial charge < -0.3 is 20.9 Å². The number of hydrogen-bond acceptors (Lipinski definition) is 6. The fourth-order valence-corrected chi connectivity index (χ4v) is 3.98. The molecule has 2 heterocycles. The molecule has 1 aliphatic heterocycles. The van der Waals surface area contributed by atoms with Crippen LogP contribution in [-0.4, -0.2) is 53.5 Å². The van der Waals surface area contributed by atoms with Crippen LogP contribution in [0.25, 0.3) is 11.4 Å². The molecule has 1 aliphatic rings. The Balaban J connectivity index is 1.52. The van der Waals surface area contributed by atoms with Crippen LogP contribution in [-0.2, 0) is 6.54 Å². The molecule has 1 fully saturated rings. The Morgan fingerprint density at radius 2 is 1.88 bits per heavy atom. The van der Waals surface area contributed by atoms with Crippen LogP contribution < -0.4 is 16.0 Å². The van der Waals surface area contributed by atoms with Gasteiger partial charge in [0, 0.05) is 60.8 Å². The van der Waals surface area contributed by atoms with E-state index in [0.29, 0.717) is 16.4 Å². The van der Waals surface area contributed by atoms with Crippen molar-refractivity contribution >= 4 is 29.0 Å². The molecule has 9 heteroatoms. The van der Waals surface area contributed by atoms with Crippen molar-refractivity contribution in [1.82, 2.24) is 14.9 Å². The number of piperazine rings is 1. The van der Waals surface area contributed by atoms with E-state index >= 15 is 0 Å². The molecule has 0 unspecified atom stereocenters. The third kappa shape index (κ3) is 5.40. The molecule has 7 nitrogen and oxygen atoms in total. The van der Waals surface area contributed by atoms with Crippen molar-refractivity contribution in [3.05, 3.63) is 70.6 Å². The molecule has 2 aromatic carbocycles. The zero-order valence-corrected chi connectivity index (χ0v) is 19.1. The van der Waals surface area contributed by atoms with Gasteiger partial charge in [0.1, 0.15) is 11.6 Å². The topological polar surface area (TPSA) is 87.4 Å². The number of benzene rings is 2. The summed E-state index contributed by atoms with van der Waals surface area (Å²) < 4.78 is 14.1. The van der Waals surface area contributed by atoms with Gasteiger partial charge in [-0.25, -0.2) is 14.4 Å². The number of hydrogen-bond donors (Lipinski definition) is 2. The Labute approximate surface area is 197 Å². The van der Waals surface area contributed by atoms with Gasteiger partial charge in [0.15, 0.2) is 5.82 Å². The van der Waals surface area contributed by atoms with Crippen molar-refractivity contribution in [2.24, 2.45) is 5.73 Å². The largest absolute Gasteiger partial charge is 0.369 e. The van der Waals surface area contributed by atoms with Crippen LogP contribution in [0.3, 0.4) is 0 Å². The van der Waals surface area contributed by atoms with E-state index in [1.165, 1.54) is 12.3 Å². The summed E-state index contributed by atoms with van der Waals surface area (Å²) in [4.78, 5) is 25.5. The van der Waals surface area contributed by atoms with Gasteiger partial charge >= 0.3 is 0 Å². The minimum absolute atomic E-state index is 0.114. The molecule has 1 amide bonds. The molecule has 0 radical (unpaired) electrons. The maximum Gasteiger partial charge on any atom is 0.254 e. The molecule has 172 valence electrons. The van der Waals surface area contributed by atoms with Crippen LogP contribution in [0.1, 0.15) is 22.8 Å². The number of nitrogens with two attached hydrogens (primary N) is 1. The average Bonchev–Trinajstić information content (AvgIpc) is 2.83. The SMILES string of the molecule is CCN1CCN(c2ccc(-c3ncc(C(N)=O)c(NCc4ccc(Cl)cc4F)n3)cc2)CC1. The van der Waals surface area contributed by atoms with Crippen LogP contribution in [0.5, 0.6) is 0 Å². The number of halogens is 2. The summed E-state index contributed by atoms with van der Waals surface area (Å²) in [5, 5.41) is 3.32. The van der Waals surface area contributed by atoms with E-state index in [0.717, 1.165) is 44.0 Å². The molecule has 3 N–H and O–H groups in total. The molecule has 0 bridgehead atoms. The molecular weight excluding hydrogens is 443 g/mol. The summed E-state index contributed by atoms with van der Waals surface area (Å²) in [6.45, 7) is 7.47. The van der Waals surface area contributed by atoms with Crippen LogP contribution in [0.4, 0.5) is 15.9 Å². The van der Waals surface area contributed by atoms with Crippen LogP contribution in [0.15, 0.2) is 48.7 Å². The summed E-state index contributed by atoms with van der Waals surface area (Å²) in [7, 11) is 0. The zero-order valence-electron chi connectivity index (χ0n) is 18.4. The number of amides is 1. The number of primary amides is 1. The second kappa shape index (κ2) is 10.1. The summed E-state index contributed by atoms with van der Waals surface area (Å²) in [5.74, 6) is -0.412. The Morgan fingerprint density at radius 3 is 2.52 bits per heavy atom. The fraction of sp³-hybridized carbons (Fsp3) is 0.292. The second-order valence-electron chi connectivity index (χ2n) is 7.88. The van der Waals surface area contributed by atoms with Crippen molar-refractivity contribution in [1.29, 1.82) is 0 Å². The van der Waals surface area contributed by atoms with Crippen molar-refractivity contribution < 1.29 is 9.18 Å². The van der Waals surface area contributed by atoms with E-state index in [4.69, 9.17) is 17.3 Å². The lowest BCUT2D eigenvalue weighted by atomic mass is 10.1. The molecule has 1 aromatic heterocycles. The minimum Gasteiger partial charge on any atom is -0.369 e. The second-order valence-corrected chi connectivity index (χ2v) is 8.31. The number of anilines is 2. The van der Waals surface area contributed by atoms with E-state index in [9.17, 15) is 9.18 Å². The molecule has 0 saturated carbocycles. The number of likely N-dealkylation sites (N-methyl/N-ethyl adjacent to an activating group) is 1. The predicted octanol–water partition coefficient (Wildman–Crippen LogP) is 3.79. The van der Waals surface area contributed by atoms with E-state index < -0.39 is 11.7 Å². The van der Waals surface area contributed by atoms with E-state index in [1.54, 1.807) is 12.1 Å². The van der Waals surface area contributed by atoms with Gasteiger partial charge in [-0.05, 0) is 42.9 Å². The Bertz CT molecular complexity index is 1130.